The normalized spacial score (nSPS) is 11.0. The molecule has 0 atom stereocenters. The van der Waals surface area contributed by atoms with Gasteiger partial charge in [0.05, 0.1) is 18.2 Å². The Morgan fingerprint density at radius 1 is 1.12 bits per heavy atom. The van der Waals surface area contributed by atoms with E-state index in [9.17, 15) is 0 Å². The number of nitriles is 1. The molecule has 2 aromatic carbocycles. The van der Waals surface area contributed by atoms with E-state index in [1.807, 2.05) is 43.3 Å². The zero-order valence-electron chi connectivity index (χ0n) is 13.7. The Balaban J connectivity index is 1.91. The van der Waals surface area contributed by atoms with E-state index in [2.05, 4.69) is 27.8 Å². The van der Waals surface area contributed by atoms with Crippen molar-refractivity contribution in [3.63, 3.8) is 0 Å². The fourth-order valence-electron chi connectivity index (χ4n) is 2.27. The van der Waals surface area contributed by atoms with Crippen LogP contribution in [0.4, 0.5) is 0 Å². The van der Waals surface area contributed by atoms with Gasteiger partial charge >= 0.3 is 0 Å². The Bertz CT molecular complexity index is 734. The highest BCUT2D eigenvalue weighted by Gasteiger charge is 2.00. The van der Waals surface area contributed by atoms with Crippen molar-refractivity contribution in [2.24, 2.45) is 4.99 Å². The molecule has 0 saturated heterocycles. The molecule has 124 valence electrons. The van der Waals surface area contributed by atoms with Gasteiger partial charge in [-0.25, -0.2) is 4.99 Å². The zero-order valence-corrected chi connectivity index (χ0v) is 14.5. The number of nitrogens with one attached hydrogen (secondary N) is 2. The van der Waals surface area contributed by atoms with E-state index in [1.165, 1.54) is 5.56 Å². The Labute approximate surface area is 148 Å². The average molecular weight is 341 g/mol. The van der Waals surface area contributed by atoms with E-state index >= 15 is 0 Å². The van der Waals surface area contributed by atoms with Gasteiger partial charge in [-0.2, -0.15) is 5.26 Å². The van der Waals surface area contributed by atoms with Gasteiger partial charge in [-0.05, 0) is 48.7 Å². The van der Waals surface area contributed by atoms with Gasteiger partial charge in [-0.1, -0.05) is 35.9 Å². The van der Waals surface area contributed by atoms with Crippen molar-refractivity contribution in [3.8, 4) is 6.07 Å². The maximum absolute atomic E-state index is 8.95. The van der Waals surface area contributed by atoms with E-state index in [-0.39, 0.29) is 0 Å². The minimum atomic E-state index is 0.530. The van der Waals surface area contributed by atoms with Crippen molar-refractivity contribution in [3.05, 3.63) is 70.2 Å². The number of rotatable bonds is 6. The molecule has 2 aromatic rings. The Morgan fingerprint density at radius 3 is 2.67 bits per heavy atom. The molecular formula is C19H21ClN4. The maximum atomic E-state index is 8.95. The number of guanidine groups is 1. The van der Waals surface area contributed by atoms with Gasteiger partial charge in [0.15, 0.2) is 5.96 Å². The third-order valence-corrected chi connectivity index (χ3v) is 3.65. The molecule has 0 radical (unpaired) electrons. The molecule has 0 aliphatic rings. The summed E-state index contributed by atoms with van der Waals surface area (Å²) < 4.78 is 0. The van der Waals surface area contributed by atoms with Crippen LogP contribution in [0.2, 0.25) is 5.02 Å². The lowest BCUT2D eigenvalue weighted by atomic mass is 10.1. The van der Waals surface area contributed by atoms with Gasteiger partial charge < -0.3 is 10.6 Å². The number of hydrogen-bond acceptors (Lipinski definition) is 2. The van der Waals surface area contributed by atoms with E-state index in [1.54, 1.807) is 6.07 Å². The molecule has 0 unspecified atom stereocenters. The molecule has 4 nitrogen and oxygen atoms in total. The first-order valence-electron chi connectivity index (χ1n) is 7.97. The summed E-state index contributed by atoms with van der Waals surface area (Å²) in [5.41, 5.74) is 2.86. The summed E-state index contributed by atoms with van der Waals surface area (Å²) in [6.07, 6.45) is 0.870. The Morgan fingerprint density at radius 2 is 1.92 bits per heavy atom. The third-order valence-electron chi connectivity index (χ3n) is 3.42. The van der Waals surface area contributed by atoms with E-state index in [4.69, 9.17) is 16.9 Å². The zero-order chi connectivity index (χ0) is 17.2. The largest absolute Gasteiger partial charge is 0.357 e. The molecule has 0 heterocycles. The minimum absolute atomic E-state index is 0.530. The molecule has 2 rings (SSSR count). The molecule has 0 spiro atoms. The molecule has 0 amide bonds. The fourth-order valence-corrected chi connectivity index (χ4v) is 2.48. The molecule has 0 saturated carbocycles. The first-order valence-corrected chi connectivity index (χ1v) is 8.34. The van der Waals surface area contributed by atoms with Crippen LogP contribution in [0.3, 0.4) is 0 Å². The van der Waals surface area contributed by atoms with E-state index < -0.39 is 0 Å². The molecule has 0 bridgehead atoms. The van der Waals surface area contributed by atoms with Crippen LogP contribution < -0.4 is 10.6 Å². The number of hydrogen-bond donors (Lipinski definition) is 2. The standard InChI is InChI=1S/C19H21ClN4/c1-2-22-19(23-10-9-15-5-4-8-18(20)12-15)24-14-17-7-3-6-16(11-17)13-21/h3-8,11-12H,2,9-10,14H2,1H3,(H2,22,23,24). The van der Waals surface area contributed by atoms with Gasteiger partial charge in [0, 0.05) is 18.1 Å². The summed E-state index contributed by atoms with van der Waals surface area (Å²) in [5, 5.41) is 16.2. The number of nitrogens with zero attached hydrogens (tertiary/aromatic N) is 2. The van der Waals surface area contributed by atoms with Crippen molar-refractivity contribution >= 4 is 17.6 Å². The second-order valence-electron chi connectivity index (χ2n) is 5.31. The number of benzene rings is 2. The second-order valence-corrected chi connectivity index (χ2v) is 5.75. The minimum Gasteiger partial charge on any atom is -0.357 e. The Kier molecular flexibility index (Phi) is 7.13. The van der Waals surface area contributed by atoms with Crippen LogP contribution in [0.15, 0.2) is 53.5 Å². The van der Waals surface area contributed by atoms with E-state index in [0.29, 0.717) is 12.1 Å². The lowest BCUT2D eigenvalue weighted by molar-refractivity contribution is 0.799. The van der Waals surface area contributed by atoms with Gasteiger partial charge in [-0.15, -0.1) is 0 Å². The summed E-state index contributed by atoms with van der Waals surface area (Å²) in [4.78, 5) is 4.57. The highest BCUT2D eigenvalue weighted by molar-refractivity contribution is 6.30. The summed E-state index contributed by atoms with van der Waals surface area (Å²) in [7, 11) is 0. The summed E-state index contributed by atoms with van der Waals surface area (Å²) in [5.74, 6) is 0.766. The van der Waals surface area contributed by atoms with Crippen LogP contribution in [0.5, 0.6) is 0 Å². The topological polar surface area (TPSA) is 60.2 Å². The lowest BCUT2D eigenvalue weighted by Gasteiger charge is -2.11. The van der Waals surface area contributed by atoms with Gasteiger partial charge in [0.25, 0.3) is 0 Å². The molecule has 0 aliphatic heterocycles. The first-order chi connectivity index (χ1) is 11.7. The monoisotopic (exact) mass is 340 g/mol. The quantitative estimate of drug-likeness (QED) is 0.625. The molecule has 2 N–H and O–H groups in total. The van der Waals surface area contributed by atoms with Crippen molar-refractivity contribution in [1.82, 2.24) is 10.6 Å². The number of aliphatic imine (C=N–C) groups is 1. The van der Waals surface area contributed by atoms with Crippen molar-refractivity contribution in [2.45, 2.75) is 19.9 Å². The van der Waals surface area contributed by atoms with Gasteiger partial charge in [0.2, 0.25) is 0 Å². The van der Waals surface area contributed by atoms with Crippen molar-refractivity contribution in [1.29, 1.82) is 5.26 Å². The molecule has 5 heteroatoms. The highest BCUT2D eigenvalue weighted by Crippen LogP contribution is 2.10. The van der Waals surface area contributed by atoms with Gasteiger partial charge in [0.1, 0.15) is 0 Å². The molecular weight excluding hydrogens is 320 g/mol. The van der Waals surface area contributed by atoms with Crippen LogP contribution in [0.25, 0.3) is 0 Å². The van der Waals surface area contributed by atoms with Gasteiger partial charge in [-0.3, -0.25) is 0 Å². The SMILES string of the molecule is CCNC(=NCc1cccc(C#N)c1)NCCc1cccc(Cl)c1. The van der Waals surface area contributed by atoms with Crippen molar-refractivity contribution in [2.75, 3.05) is 13.1 Å². The van der Waals surface area contributed by atoms with Crippen LogP contribution in [0.1, 0.15) is 23.6 Å². The Hall–Kier alpha value is -2.51. The lowest BCUT2D eigenvalue weighted by Crippen LogP contribution is -2.38. The summed E-state index contributed by atoms with van der Waals surface area (Å²) >= 11 is 6.00. The second kappa shape index (κ2) is 9.59. The van der Waals surface area contributed by atoms with Crippen LogP contribution >= 0.6 is 11.6 Å². The fraction of sp³-hybridized carbons (Fsp3) is 0.263. The molecule has 24 heavy (non-hydrogen) atoms. The maximum Gasteiger partial charge on any atom is 0.191 e. The molecule has 0 aliphatic carbocycles. The molecule has 0 aromatic heterocycles. The summed E-state index contributed by atoms with van der Waals surface area (Å²) in [6.45, 7) is 4.12. The molecule has 0 fully saturated rings. The van der Waals surface area contributed by atoms with Crippen molar-refractivity contribution < 1.29 is 0 Å². The predicted molar refractivity (Wildman–Crippen MR) is 99.1 cm³/mol. The third kappa shape index (κ3) is 5.94. The summed E-state index contributed by atoms with van der Waals surface area (Å²) in [6, 6.07) is 17.5. The van der Waals surface area contributed by atoms with Crippen LogP contribution in [-0.2, 0) is 13.0 Å². The highest BCUT2D eigenvalue weighted by atomic mass is 35.5. The smallest absolute Gasteiger partial charge is 0.191 e. The predicted octanol–water partition coefficient (Wildman–Crippen LogP) is 3.51. The average Bonchev–Trinajstić information content (AvgIpc) is 2.60. The van der Waals surface area contributed by atoms with E-state index in [0.717, 1.165) is 36.1 Å². The number of halogens is 1. The first kappa shape index (κ1) is 17.8. The van der Waals surface area contributed by atoms with Crippen LogP contribution in [0, 0.1) is 11.3 Å². The van der Waals surface area contributed by atoms with Crippen LogP contribution in [-0.4, -0.2) is 19.0 Å².